The maximum absolute atomic E-state index is 12.0. The van der Waals surface area contributed by atoms with Gasteiger partial charge in [-0.25, -0.2) is 0 Å². The predicted molar refractivity (Wildman–Crippen MR) is 88.6 cm³/mol. The van der Waals surface area contributed by atoms with Crippen LogP contribution in [0.1, 0.15) is 22.2 Å². The van der Waals surface area contributed by atoms with Gasteiger partial charge in [-0.3, -0.25) is 14.5 Å². The summed E-state index contributed by atoms with van der Waals surface area (Å²) in [6.45, 7) is 0.804. The van der Waals surface area contributed by atoms with E-state index in [-0.39, 0.29) is 5.89 Å². The van der Waals surface area contributed by atoms with E-state index < -0.39 is 5.91 Å². The van der Waals surface area contributed by atoms with Crippen LogP contribution in [-0.2, 0) is 13.0 Å². The number of aromatic nitrogens is 5. The van der Waals surface area contributed by atoms with Crippen LogP contribution in [0.25, 0.3) is 0 Å². The van der Waals surface area contributed by atoms with Crippen molar-refractivity contribution in [3.05, 3.63) is 57.8 Å². The minimum atomic E-state index is -0.394. The Morgan fingerprint density at radius 3 is 3.04 bits per heavy atom. The molecule has 8 nitrogen and oxygen atoms in total. The quantitative estimate of drug-likeness (QED) is 0.599. The molecule has 0 fully saturated rings. The van der Waals surface area contributed by atoms with E-state index >= 15 is 0 Å². The second kappa shape index (κ2) is 7.31. The summed E-state index contributed by atoms with van der Waals surface area (Å²) < 4.78 is 7.67. The first-order chi connectivity index (χ1) is 11.2. The first kappa shape index (κ1) is 15.6. The number of pyridine rings is 1. The van der Waals surface area contributed by atoms with Gasteiger partial charge in [-0.1, -0.05) is 11.2 Å². The molecule has 1 amide bonds. The molecular formula is C14H13IN6O2. The Hall–Kier alpha value is -2.30. The zero-order chi connectivity index (χ0) is 16.1. The van der Waals surface area contributed by atoms with Crippen molar-refractivity contribution in [1.82, 2.24) is 30.2 Å². The Morgan fingerprint density at radius 2 is 2.30 bits per heavy atom. The maximum Gasteiger partial charge on any atom is 0.316 e. The van der Waals surface area contributed by atoms with E-state index in [1.807, 2.05) is 24.4 Å². The van der Waals surface area contributed by atoms with Crippen LogP contribution in [0.4, 0.5) is 0 Å². The van der Waals surface area contributed by atoms with Gasteiger partial charge in [0.2, 0.25) is 0 Å². The van der Waals surface area contributed by atoms with Gasteiger partial charge < -0.3 is 9.84 Å². The number of carbonyl (C=O) groups excluding carboxylic acids is 1. The molecule has 0 unspecified atom stereocenters. The van der Waals surface area contributed by atoms with Gasteiger partial charge >= 0.3 is 11.8 Å². The third-order valence-electron chi connectivity index (χ3n) is 2.96. The third kappa shape index (κ3) is 4.34. The highest BCUT2D eigenvalue weighted by molar-refractivity contribution is 14.1. The van der Waals surface area contributed by atoms with Gasteiger partial charge in [0, 0.05) is 31.1 Å². The van der Waals surface area contributed by atoms with Gasteiger partial charge in [0.05, 0.1) is 9.77 Å². The van der Waals surface area contributed by atoms with Crippen LogP contribution >= 0.6 is 22.6 Å². The highest BCUT2D eigenvalue weighted by Crippen LogP contribution is 2.04. The maximum atomic E-state index is 12.0. The zero-order valence-corrected chi connectivity index (χ0v) is 14.2. The van der Waals surface area contributed by atoms with Crippen LogP contribution in [0, 0.1) is 3.57 Å². The molecule has 0 spiro atoms. The summed E-state index contributed by atoms with van der Waals surface area (Å²) in [5.74, 6) is -0.0445. The van der Waals surface area contributed by atoms with Crippen LogP contribution in [0.3, 0.4) is 0 Å². The highest BCUT2D eigenvalue weighted by Gasteiger charge is 2.15. The smallest absolute Gasteiger partial charge is 0.316 e. The molecule has 0 saturated heterocycles. The van der Waals surface area contributed by atoms with E-state index in [9.17, 15) is 4.79 Å². The molecule has 3 aromatic rings. The molecule has 0 saturated carbocycles. The highest BCUT2D eigenvalue weighted by atomic mass is 127. The molecule has 1 N–H and O–H groups in total. The molecule has 0 bridgehead atoms. The van der Waals surface area contributed by atoms with Gasteiger partial charge in [-0.05, 0) is 34.7 Å². The summed E-state index contributed by atoms with van der Waals surface area (Å²) in [5, 5.41) is 10.6. The number of nitrogens with zero attached hydrogens (tertiary/aromatic N) is 5. The minimum Gasteiger partial charge on any atom is -0.347 e. The van der Waals surface area contributed by atoms with Gasteiger partial charge in [-0.2, -0.15) is 10.1 Å². The van der Waals surface area contributed by atoms with Crippen LogP contribution in [-0.4, -0.2) is 37.4 Å². The molecule has 0 aliphatic carbocycles. The van der Waals surface area contributed by atoms with Crippen LogP contribution in [0.2, 0.25) is 0 Å². The molecule has 23 heavy (non-hydrogen) atoms. The monoisotopic (exact) mass is 424 g/mol. The number of halogens is 1. The first-order valence-corrected chi connectivity index (χ1v) is 7.97. The van der Waals surface area contributed by atoms with Crippen molar-refractivity contribution in [1.29, 1.82) is 0 Å². The summed E-state index contributed by atoms with van der Waals surface area (Å²) in [4.78, 5) is 20.2. The Balaban J connectivity index is 1.52. The molecule has 0 aliphatic heterocycles. The van der Waals surface area contributed by atoms with Crippen LogP contribution in [0.15, 0.2) is 41.3 Å². The van der Waals surface area contributed by atoms with Gasteiger partial charge in [-0.15, -0.1) is 0 Å². The number of nitrogens with one attached hydrogen (secondary N) is 1. The molecule has 118 valence electrons. The number of amides is 1. The number of rotatable bonds is 6. The minimum absolute atomic E-state index is 0.0529. The average Bonchev–Trinajstić information content (AvgIpc) is 3.18. The van der Waals surface area contributed by atoms with Crippen LogP contribution < -0.4 is 5.32 Å². The lowest BCUT2D eigenvalue weighted by Gasteiger charge is -2.01. The third-order valence-corrected chi connectivity index (χ3v) is 3.52. The number of hydrogen-bond acceptors (Lipinski definition) is 6. The molecule has 0 radical (unpaired) electrons. The van der Waals surface area contributed by atoms with Crippen molar-refractivity contribution in [3.63, 3.8) is 0 Å². The lowest BCUT2D eigenvalue weighted by atomic mass is 10.3. The average molecular weight is 424 g/mol. The second-order valence-electron chi connectivity index (χ2n) is 4.70. The molecule has 0 aromatic carbocycles. The van der Waals surface area contributed by atoms with E-state index in [0.29, 0.717) is 25.3 Å². The Kier molecular flexibility index (Phi) is 4.95. The predicted octanol–water partition coefficient (Wildman–Crippen LogP) is 1.29. The SMILES string of the molecule is O=C(NCCc1ccccn1)c1nc(Cn2cc(I)cn2)no1. The molecule has 3 rings (SSSR count). The van der Waals surface area contributed by atoms with Gasteiger partial charge in [0.15, 0.2) is 5.82 Å². The normalized spacial score (nSPS) is 10.7. The summed E-state index contributed by atoms with van der Waals surface area (Å²) in [6, 6.07) is 5.66. The molecule has 0 atom stereocenters. The Bertz CT molecular complexity index is 785. The fraction of sp³-hybridized carbons (Fsp3) is 0.214. The fourth-order valence-electron chi connectivity index (χ4n) is 1.91. The van der Waals surface area contributed by atoms with Crippen molar-refractivity contribution < 1.29 is 9.32 Å². The van der Waals surface area contributed by atoms with Crippen molar-refractivity contribution in [3.8, 4) is 0 Å². The van der Waals surface area contributed by atoms with E-state index in [4.69, 9.17) is 4.52 Å². The number of hydrogen-bond donors (Lipinski definition) is 1. The Labute approximate surface area is 145 Å². The van der Waals surface area contributed by atoms with Crippen molar-refractivity contribution in [2.24, 2.45) is 0 Å². The summed E-state index contributed by atoms with van der Waals surface area (Å²) in [5.41, 5.74) is 0.910. The summed E-state index contributed by atoms with van der Waals surface area (Å²) >= 11 is 2.16. The van der Waals surface area contributed by atoms with E-state index in [1.165, 1.54) is 0 Å². The second-order valence-corrected chi connectivity index (χ2v) is 5.94. The summed E-state index contributed by atoms with van der Waals surface area (Å²) in [6.07, 6.45) is 5.94. The van der Waals surface area contributed by atoms with E-state index in [0.717, 1.165) is 9.26 Å². The standard InChI is InChI=1S/C14H13IN6O2/c15-10-7-18-21(8-10)9-12-19-14(23-20-12)13(22)17-6-4-11-3-1-2-5-16-11/h1-3,5,7-8H,4,6,9H2,(H,17,22). The Morgan fingerprint density at radius 1 is 1.39 bits per heavy atom. The van der Waals surface area contributed by atoms with E-state index in [1.54, 1.807) is 17.1 Å². The zero-order valence-electron chi connectivity index (χ0n) is 12.0. The molecule has 0 aliphatic rings. The van der Waals surface area contributed by atoms with Gasteiger partial charge in [0.25, 0.3) is 0 Å². The molecular weight excluding hydrogens is 411 g/mol. The van der Waals surface area contributed by atoms with Crippen molar-refractivity contribution in [2.45, 2.75) is 13.0 Å². The van der Waals surface area contributed by atoms with Crippen LogP contribution in [0.5, 0.6) is 0 Å². The van der Waals surface area contributed by atoms with Crippen molar-refractivity contribution in [2.75, 3.05) is 6.54 Å². The molecule has 3 aromatic heterocycles. The summed E-state index contributed by atoms with van der Waals surface area (Å²) in [7, 11) is 0. The van der Waals surface area contributed by atoms with Crippen molar-refractivity contribution >= 4 is 28.5 Å². The van der Waals surface area contributed by atoms with Gasteiger partial charge in [0.1, 0.15) is 6.54 Å². The topological polar surface area (TPSA) is 98.7 Å². The fourth-order valence-corrected chi connectivity index (χ4v) is 2.35. The number of carbonyl (C=O) groups is 1. The lowest BCUT2D eigenvalue weighted by Crippen LogP contribution is -2.26. The largest absolute Gasteiger partial charge is 0.347 e. The molecule has 9 heteroatoms. The first-order valence-electron chi connectivity index (χ1n) is 6.89. The van der Waals surface area contributed by atoms with E-state index in [2.05, 4.69) is 48.1 Å². The lowest BCUT2D eigenvalue weighted by molar-refractivity contribution is 0.0910. The molecule has 3 heterocycles.